The van der Waals surface area contributed by atoms with Crippen molar-refractivity contribution in [3.8, 4) is 0 Å². The standard InChI is InChI=1S/C16H12BrFN2O5/c1-9-2-4-11(20(23)24)7-14(9)19-15(21)8-25-16(22)12-6-10(18)3-5-13(12)17/h2-7H,8H2,1H3,(H,19,21). The zero-order valence-electron chi connectivity index (χ0n) is 12.9. The Kier molecular flexibility index (Phi) is 5.81. The molecule has 0 spiro atoms. The van der Waals surface area contributed by atoms with E-state index < -0.39 is 29.2 Å². The fourth-order valence-electron chi connectivity index (χ4n) is 1.91. The van der Waals surface area contributed by atoms with E-state index in [9.17, 15) is 24.1 Å². The summed E-state index contributed by atoms with van der Waals surface area (Å²) in [4.78, 5) is 34.0. The van der Waals surface area contributed by atoms with Gasteiger partial charge in [0.2, 0.25) is 0 Å². The number of amides is 1. The van der Waals surface area contributed by atoms with Gasteiger partial charge in [0, 0.05) is 16.6 Å². The molecule has 0 aliphatic rings. The van der Waals surface area contributed by atoms with Crippen molar-refractivity contribution in [1.29, 1.82) is 0 Å². The monoisotopic (exact) mass is 410 g/mol. The Morgan fingerprint density at radius 3 is 2.68 bits per heavy atom. The molecule has 130 valence electrons. The molecule has 2 rings (SSSR count). The second kappa shape index (κ2) is 7.84. The summed E-state index contributed by atoms with van der Waals surface area (Å²) in [6.07, 6.45) is 0. The Hall–Kier alpha value is -2.81. The van der Waals surface area contributed by atoms with Crippen molar-refractivity contribution in [3.63, 3.8) is 0 Å². The number of halogens is 2. The molecule has 2 aromatic rings. The number of anilines is 1. The number of benzene rings is 2. The minimum atomic E-state index is -0.878. The first-order chi connectivity index (χ1) is 11.8. The van der Waals surface area contributed by atoms with Crippen LogP contribution in [0.15, 0.2) is 40.9 Å². The van der Waals surface area contributed by atoms with E-state index in [4.69, 9.17) is 4.74 Å². The first-order valence-electron chi connectivity index (χ1n) is 6.95. The van der Waals surface area contributed by atoms with Crippen LogP contribution >= 0.6 is 15.9 Å². The number of carbonyl (C=O) groups excluding carboxylic acids is 2. The quantitative estimate of drug-likeness (QED) is 0.461. The second-order valence-electron chi connectivity index (χ2n) is 5.00. The predicted octanol–water partition coefficient (Wildman–Crippen LogP) is 3.60. The molecule has 0 bridgehead atoms. The molecule has 1 amide bonds. The van der Waals surface area contributed by atoms with Crippen molar-refractivity contribution in [2.24, 2.45) is 0 Å². The number of nitrogens with zero attached hydrogens (tertiary/aromatic N) is 1. The normalized spacial score (nSPS) is 10.2. The summed E-state index contributed by atoms with van der Waals surface area (Å²) in [7, 11) is 0. The van der Waals surface area contributed by atoms with E-state index in [2.05, 4.69) is 21.2 Å². The maximum atomic E-state index is 13.2. The van der Waals surface area contributed by atoms with Crippen LogP contribution in [0.2, 0.25) is 0 Å². The second-order valence-corrected chi connectivity index (χ2v) is 5.86. The largest absolute Gasteiger partial charge is 0.452 e. The fourth-order valence-corrected chi connectivity index (χ4v) is 2.32. The number of hydrogen-bond acceptors (Lipinski definition) is 5. The molecule has 2 aromatic carbocycles. The Labute approximate surface area is 150 Å². The van der Waals surface area contributed by atoms with Gasteiger partial charge in [0.05, 0.1) is 16.2 Å². The minimum Gasteiger partial charge on any atom is -0.452 e. The van der Waals surface area contributed by atoms with E-state index in [-0.39, 0.29) is 16.9 Å². The number of nitrogens with one attached hydrogen (secondary N) is 1. The molecule has 0 saturated carbocycles. The number of aryl methyl sites for hydroxylation is 1. The number of esters is 1. The highest BCUT2D eigenvalue weighted by Gasteiger charge is 2.16. The average molecular weight is 411 g/mol. The van der Waals surface area contributed by atoms with Crippen LogP contribution in [0.4, 0.5) is 15.8 Å². The van der Waals surface area contributed by atoms with Crippen LogP contribution in [0.1, 0.15) is 15.9 Å². The topological polar surface area (TPSA) is 98.5 Å². The summed E-state index contributed by atoms with van der Waals surface area (Å²) in [6.45, 7) is 1.04. The van der Waals surface area contributed by atoms with Crippen LogP contribution < -0.4 is 5.32 Å². The first kappa shape index (κ1) is 18.5. The molecule has 0 aromatic heterocycles. The number of hydrogen-bond donors (Lipinski definition) is 1. The third kappa shape index (κ3) is 4.83. The lowest BCUT2D eigenvalue weighted by Crippen LogP contribution is -2.21. The third-order valence-corrected chi connectivity index (χ3v) is 3.88. The average Bonchev–Trinajstić information content (AvgIpc) is 2.56. The molecule has 25 heavy (non-hydrogen) atoms. The lowest BCUT2D eigenvalue weighted by atomic mass is 10.2. The van der Waals surface area contributed by atoms with Crippen molar-refractivity contribution in [3.05, 3.63) is 67.9 Å². The fraction of sp³-hybridized carbons (Fsp3) is 0.125. The molecular weight excluding hydrogens is 399 g/mol. The zero-order chi connectivity index (χ0) is 18.6. The highest BCUT2D eigenvalue weighted by molar-refractivity contribution is 9.10. The SMILES string of the molecule is Cc1ccc([N+](=O)[O-])cc1NC(=O)COC(=O)c1cc(F)ccc1Br. The van der Waals surface area contributed by atoms with Crippen LogP contribution in [0.5, 0.6) is 0 Å². The predicted molar refractivity (Wildman–Crippen MR) is 90.8 cm³/mol. The molecule has 0 heterocycles. The van der Waals surface area contributed by atoms with Gasteiger partial charge >= 0.3 is 5.97 Å². The van der Waals surface area contributed by atoms with Crippen molar-refractivity contribution >= 4 is 39.2 Å². The highest BCUT2D eigenvalue weighted by Crippen LogP contribution is 2.22. The van der Waals surface area contributed by atoms with E-state index in [0.29, 0.717) is 10.0 Å². The van der Waals surface area contributed by atoms with Gasteiger partial charge in [0.25, 0.3) is 11.6 Å². The Bertz CT molecular complexity index is 856. The van der Waals surface area contributed by atoms with Gasteiger partial charge in [-0.3, -0.25) is 14.9 Å². The molecule has 1 N–H and O–H groups in total. The lowest BCUT2D eigenvalue weighted by molar-refractivity contribution is -0.384. The molecule has 7 nitrogen and oxygen atoms in total. The van der Waals surface area contributed by atoms with Crippen molar-refractivity contribution < 1.29 is 23.6 Å². The van der Waals surface area contributed by atoms with Gasteiger partial charge in [0.1, 0.15) is 5.82 Å². The molecule has 0 unspecified atom stereocenters. The van der Waals surface area contributed by atoms with E-state index in [1.54, 1.807) is 6.92 Å². The third-order valence-electron chi connectivity index (χ3n) is 3.19. The summed E-state index contributed by atoms with van der Waals surface area (Å²) >= 11 is 3.09. The molecule has 0 saturated heterocycles. The smallest absolute Gasteiger partial charge is 0.339 e. The zero-order valence-corrected chi connectivity index (χ0v) is 14.5. The summed E-state index contributed by atoms with van der Waals surface area (Å²) < 4.78 is 18.3. The van der Waals surface area contributed by atoms with Crippen LogP contribution in [0, 0.1) is 22.9 Å². The maximum Gasteiger partial charge on any atom is 0.339 e. The van der Waals surface area contributed by atoms with Crippen molar-refractivity contribution in [1.82, 2.24) is 0 Å². The number of non-ortho nitro benzene ring substituents is 1. The summed E-state index contributed by atoms with van der Waals surface area (Å²) in [6, 6.07) is 7.50. The molecule has 0 atom stereocenters. The number of nitro groups is 1. The summed E-state index contributed by atoms with van der Waals surface area (Å²) in [5.74, 6) is -2.17. The Morgan fingerprint density at radius 1 is 1.28 bits per heavy atom. The molecule has 0 aliphatic carbocycles. The van der Waals surface area contributed by atoms with Crippen LogP contribution in [-0.4, -0.2) is 23.4 Å². The van der Waals surface area contributed by atoms with Gasteiger partial charge in [-0.1, -0.05) is 6.07 Å². The number of rotatable bonds is 5. The highest BCUT2D eigenvalue weighted by atomic mass is 79.9. The molecule has 0 radical (unpaired) electrons. The summed E-state index contributed by atoms with van der Waals surface area (Å²) in [5.41, 5.74) is 0.612. The van der Waals surface area contributed by atoms with Gasteiger partial charge < -0.3 is 10.1 Å². The maximum absolute atomic E-state index is 13.2. The van der Waals surface area contributed by atoms with E-state index in [1.165, 1.54) is 30.3 Å². The Morgan fingerprint density at radius 2 is 2.00 bits per heavy atom. The number of carbonyl (C=O) groups is 2. The van der Waals surface area contributed by atoms with Gasteiger partial charge in [-0.2, -0.15) is 0 Å². The van der Waals surface area contributed by atoms with E-state index in [1.807, 2.05) is 0 Å². The van der Waals surface area contributed by atoms with Gasteiger partial charge in [-0.15, -0.1) is 0 Å². The number of ether oxygens (including phenoxy) is 1. The molecule has 9 heteroatoms. The molecule has 0 fully saturated rings. The molecule has 0 aliphatic heterocycles. The van der Waals surface area contributed by atoms with E-state index in [0.717, 1.165) is 6.07 Å². The first-order valence-corrected chi connectivity index (χ1v) is 7.74. The number of nitro benzene ring substituents is 1. The lowest BCUT2D eigenvalue weighted by Gasteiger charge is -2.09. The van der Waals surface area contributed by atoms with Crippen LogP contribution in [0.25, 0.3) is 0 Å². The summed E-state index contributed by atoms with van der Waals surface area (Å²) in [5, 5.41) is 13.2. The van der Waals surface area contributed by atoms with Crippen LogP contribution in [-0.2, 0) is 9.53 Å². The van der Waals surface area contributed by atoms with E-state index >= 15 is 0 Å². The van der Waals surface area contributed by atoms with Gasteiger partial charge in [0.15, 0.2) is 6.61 Å². The van der Waals surface area contributed by atoms with Crippen LogP contribution in [0.3, 0.4) is 0 Å². The van der Waals surface area contributed by atoms with Gasteiger partial charge in [-0.05, 0) is 46.6 Å². The Balaban J connectivity index is 2.01. The van der Waals surface area contributed by atoms with Crippen molar-refractivity contribution in [2.75, 3.05) is 11.9 Å². The van der Waals surface area contributed by atoms with Gasteiger partial charge in [-0.25, -0.2) is 9.18 Å². The minimum absolute atomic E-state index is 0.0562. The molecular formula is C16H12BrFN2O5. The van der Waals surface area contributed by atoms with Crippen molar-refractivity contribution in [2.45, 2.75) is 6.92 Å².